The van der Waals surface area contributed by atoms with E-state index in [4.69, 9.17) is 20.9 Å². The first-order valence-electron chi connectivity index (χ1n) is 7.07. The zero-order valence-electron chi connectivity index (χ0n) is 13.3. The van der Waals surface area contributed by atoms with E-state index in [9.17, 15) is 4.79 Å². The summed E-state index contributed by atoms with van der Waals surface area (Å²) in [5.41, 5.74) is 1.49. The number of H-pyrrole nitrogens is 1. The van der Waals surface area contributed by atoms with Gasteiger partial charge in [0.25, 0.3) is 5.91 Å². The van der Waals surface area contributed by atoms with Gasteiger partial charge in [0.05, 0.1) is 17.6 Å². The molecule has 130 valence electrons. The Labute approximate surface area is 154 Å². The van der Waals surface area contributed by atoms with Crippen LogP contribution in [-0.2, 0) is 0 Å². The van der Waals surface area contributed by atoms with Crippen molar-refractivity contribution in [3.05, 3.63) is 58.8 Å². The van der Waals surface area contributed by atoms with Gasteiger partial charge < -0.3 is 27.0 Å². The Morgan fingerprint density at radius 3 is 2.72 bits per heavy atom. The highest BCUT2D eigenvalue weighted by Gasteiger charge is 2.17. The van der Waals surface area contributed by atoms with Gasteiger partial charge in [0, 0.05) is 12.1 Å². The van der Waals surface area contributed by atoms with Crippen LogP contribution in [0.1, 0.15) is 21.8 Å². The van der Waals surface area contributed by atoms with Crippen molar-refractivity contribution in [1.29, 1.82) is 0 Å². The average Bonchev–Trinajstić information content (AvgIpc) is 2.88. The number of hydrogen-bond donors (Lipinski definition) is 1. The maximum absolute atomic E-state index is 12.2. The lowest BCUT2D eigenvalue weighted by atomic mass is 10.2. The summed E-state index contributed by atoms with van der Waals surface area (Å²) in [6, 6.07) is 4.99. The number of amides is 1. The van der Waals surface area contributed by atoms with E-state index < -0.39 is 0 Å². The Kier molecular flexibility index (Phi) is 5.95. The first-order chi connectivity index (χ1) is 11.5. The molecular formula is C16H14Cl2N4O3. The van der Waals surface area contributed by atoms with Crippen molar-refractivity contribution in [3.63, 3.8) is 0 Å². The molecule has 9 heteroatoms. The van der Waals surface area contributed by atoms with Crippen LogP contribution in [0.25, 0.3) is 0 Å². The molecule has 0 saturated heterocycles. The number of hydrogen-bond acceptors (Lipinski definition) is 5. The molecule has 2 N–H and O–H groups in total. The minimum atomic E-state index is -0.300. The third-order valence-corrected chi connectivity index (χ3v) is 3.42. The fourth-order valence-corrected chi connectivity index (χ4v) is 2.29. The highest BCUT2D eigenvalue weighted by molar-refractivity contribution is 6.30. The first kappa shape index (κ1) is 18.7. The van der Waals surface area contributed by atoms with E-state index in [1.807, 2.05) is 0 Å². The molecule has 3 aromatic heterocycles. The van der Waals surface area contributed by atoms with Crippen LogP contribution in [0.2, 0.25) is 5.02 Å². The Bertz CT molecular complexity index is 862. The van der Waals surface area contributed by atoms with Gasteiger partial charge in [-0.1, -0.05) is 16.8 Å². The molecule has 3 heterocycles. The number of anilines is 1. The maximum Gasteiger partial charge on any atom is 0.261 e. The lowest BCUT2D eigenvalue weighted by Crippen LogP contribution is -3.00. The molecule has 0 spiro atoms. The van der Waals surface area contributed by atoms with Gasteiger partial charge in [-0.25, -0.2) is 9.97 Å². The lowest BCUT2D eigenvalue weighted by molar-refractivity contribution is -0.378. The van der Waals surface area contributed by atoms with Crippen molar-refractivity contribution in [2.24, 2.45) is 0 Å². The number of nitrogens with zero attached hydrogens (tertiary/aromatic N) is 2. The van der Waals surface area contributed by atoms with Crippen molar-refractivity contribution in [1.82, 2.24) is 10.1 Å². The number of ether oxygens (including phenoxy) is 1. The van der Waals surface area contributed by atoms with Crippen molar-refractivity contribution in [2.45, 2.75) is 13.8 Å². The number of rotatable bonds is 4. The molecule has 3 rings (SSSR count). The highest BCUT2D eigenvalue weighted by atomic mass is 35.5. The minimum absolute atomic E-state index is 0. The molecule has 7 nitrogen and oxygen atoms in total. The molecule has 0 bridgehead atoms. The number of aryl methyl sites for hydroxylation is 2. The molecule has 0 aliphatic heterocycles. The van der Waals surface area contributed by atoms with E-state index in [0.29, 0.717) is 39.4 Å². The zero-order chi connectivity index (χ0) is 17.1. The van der Waals surface area contributed by atoms with Gasteiger partial charge in [-0.2, -0.15) is 0 Å². The predicted octanol–water partition coefficient (Wildman–Crippen LogP) is 0.203. The van der Waals surface area contributed by atoms with E-state index in [2.05, 4.69) is 20.4 Å². The zero-order valence-corrected chi connectivity index (χ0v) is 14.9. The highest BCUT2D eigenvalue weighted by Crippen LogP contribution is 2.22. The number of halogens is 2. The predicted molar refractivity (Wildman–Crippen MR) is 86.2 cm³/mol. The summed E-state index contributed by atoms with van der Waals surface area (Å²) in [6.07, 6.45) is 4.79. The molecule has 0 atom stereocenters. The fourth-order valence-electron chi connectivity index (χ4n) is 2.12. The van der Waals surface area contributed by atoms with Crippen LogP contribution in [0.5, 0.6) is 11.6 Å². The SMILES string of the molecule is Cc1noc(C)c1C(=O)Nc1ccc(Oc2c[nH+]cc(Cl)c2)nc1.[Cl-]. The number of nitrogens with one attached hydrogen (secondary N) is 2. The molecule has 0 saturated carbocycles. The number of aromatic amines is 1. The third kappa shape index (κ3) is 4.46. The summed E-state index contributed by atoms with van der Waals surface area (Å²) in [7, 11) is 0. The van der Waals surface area contributed by atoms with Crippen LogP contribution >= 0.6 is 11.6 Å². The summed E-state index contributed by atoms with van der Waals surface area (Å²) >= 11 is 5.88. The van der Waals surface area contributed by atoms with Crippen molar-refractivity contribution in [3.8, 4) is 11.6 Å². The largest absolute Gasteiger partial charge is 1.00 e. The Balaban J connectivity index is 0.00000225. The molecule has 25 heavy (non-hydrogen) atoms. The second-order valence-corrected chi connectivity index (χ2v) is 5.46. The molecule has 0 aromatic carbocycles. The van der Waals surface area contributed by atoms with Gasteiger partial charge in [0.15, 0.2) is 11.9 Å². The monoisotopic (exact) mass is 380 g/mol. The molecule has 0 radical (unpaired) electrons. The normalized spacial score (nSPS) is 10.0. The summed E-state index contributed by atoms with van der Waals surface area (Å²) in [4.78, 5) is 19.2. The van der Waals surface area contributed by atoms with E-state index in [0.717, 1.165) is 0 Å². The van der Waals surface area contributed by atoms with Crippen molar-refractivity contribution >= 4 is 23.2 Å². The molecule has 0 unspecified atom stereocenters. The number of aromatic nitrogens is 3. The average molecular weight is 381 g/mol. The molecule has 3 aromatic rings. The standard InChI is InChI=1S/C16H13ClN4O3.ClH/c1-9-15(10(2)24-21-9)16(22)20-12-3-4-14(19-7-12)23-13-5-11(17)6-18-8-13;/h3-8H,1-2H3,(H,20,22);1H. The quantitative estimate of drug-likeness (QED) is 0.698. The summed E-state index contributed by atoms with van der Waals surface area (Å²) in [6.45, 7) is 3.40. The third-order valence-electron chi connectivity index (χ3n) is 3.20. The molecule has 0 aliphatic rings. The number of pyridine rings is 2. The van der Waals surface area contributed by atoms with E-state index in [1.165, 1.54) is 6.20 Å². The van der Waals surface area contributed by atoms with Crippen molar-refractivity contribution < 1.29 is 31.4 Å². The summed E-state index contributed by atoms with van der Waals surface area (Å²) in [5, 5.41) is 7.03. The van der Waals surface area contributed by atoms with Crippen LogP contribution in [0, 0.1) is 13.8 Å². The van der Waals surface area contributed by atoms with Crippen LogP contribution in [0.3, 0.4) is 0 Å². The smallest absolute Gasteiger partial charge is 0.261 e. The van der Waals surface area contributed by atoms with Crippen molar-refractivity contribution in [2.75, 3.05) is 5.32 Å². The van der Waals surface area contributed by atoms with Crippen LogP contribution in [-0.4, -0.2) is 16.0 Å². The van der Waals surface area contributed by atoms with Gasteiger partial charge in [-0.3, -0.25) is 4.79 Å². The topological polar surface area (TPSA) is 91.4 Å². The van der Waals surface area contributed by atoms with Gasteiger partial charge >= 0.3 is 0 Å². The number of carbonyl (C=O) groups excluding carboxylic acids is 1. The van der Waals surface area contributed by atoms with E-state index in [-0.39, 0.29) is 18.3 Å². The first-order valence-corrected chi connectivity index (χ1v) is 7.45. The second kappa shape index (κ2) is 7.96. The van der Waals surface area contributed by atoms with Gasteiger partial charge in [-0.05, 0) is 19.9 Å². The summed E-state index contributed by atoms with van der Waals surface area (Å²) < 4.78 is 10.6. The van der Waals surface area contributed by atoms with Crippen LogP contribution in [0.15, 0.2) is 41.3 Å². The Hall–Kier alpha value is -2.64. The Morgan fingerprint density at radius 2 is 2.12 bits per heavy atom. The van der Waals surface area contributed by atoms with Crippen LogP contribution in [0.4, 0.5) is 5.69 Å². The van der Waals surface area contributed by atoms with E-state index >= 15 is 0 Å². The van der Waals surface area contributed by atoms with Gasteiger partial charge in [-0.15, -0.1) is 0 Å². The molecule has 0 aliphatic carbocycles. The fraction of sp³-hybridized carbons (Fsp3) is 0.125. The minimum Gasteiger partial charge on any atom is -1.00 e. The van der Waals surface area contributed by atoms with Gasteiger partial charge in [0.1, 0.15) is 16.3 Å². The molecule has 1 amide bonds. The van der Waals surface area contributed by atoms with E-state index in [1.54, 1.807) is 44.4 Å². The lowest BCUT2D eigenvalue weighted by Gasteiger charge is -2.06. The molecular weight excluding hydrogens is 367 g/mol. The van der Waals surface area contributed by atoms with Gasteiger partial charge in [0.2, 0.25) is 12.1 Å². The molecule has 0 fully saturated rings. The Morgan fingerprint density at radius 1 is 1.32 bits per heavy atom. The van der Waals surface area contributed by atoms with Crippen LogP contribution < -0.4 is 27.4 Å². The number of carbonyl (C=O) groups is 1. The summed E-state index contributed by atoms with van der Waals surface area (Å²) in [5.74, 6) is 1.07. The second-order valence-electron chi connectivity index (χ2n) is 5.03. The maximum atomic E-state index is 12.2.